The minimum absolute atomic E-state index is 0.931. The van der Waals surface area contributed by atoms with Gasteiger partial charge in [-0.1, -0.05) is 115 Å². The lowest BCUT2D eigenvalue weighted by atomic mass is 9.90. The number of hydrogen-bond donors (Lipinski definition) is 0. The fourth-order valence-electron chi connectivity index (χ4n) is 6.81. The molecule has 0 aliphatic rings. The van der Waals surface area contributed by atoms with Gasteiger partial charge in [-0.15, -0.1) is 0 Å². The smallest absolute Gasteiger partial charge is 0.137 e. The van der Waals surface area contributed by atoms with Crippen LogP contribution in [0.25, 0.3) is 83.2 Å². The van der Waals surface area contributed by atoms with Crippen molar-refractivity contribution < 1.29 is 0 Å². The number of nitrogens with zero attached hydrogens (tertiary/aromatic N) is 3. The van der Waals surface area contributed by atoms with Gasteiger partial charge in [-0.2, -0.15) is 0 Å². The lowest BCUT2D eigenvalue weighted by molar-refractivity contribution is 1.19. The molecule has 220 valence electrons. The number of pyridine rings is 2. The fraction of sp³-hybridized carbons (Fsp3) is 0. The van der Waals surface area contributed by atoms with Crippen molar-refractivity contribution in [2.24, 2.45) is 0 Å². The molecule has 0 radical (unpaired) electrons. The largest absolute Gasteiger partial charge is 0.299 e. The zero-order chi connectivity index (χ0) is 31.2. The highest BCUT2D eigenvalue weighted by Crippen LogP contribution is 2.39. The molecule has 0 aliphatic carbocycles. The van der Waals surface area contributed by atoms with Gasteiger partial charge in [0.15, 0.2) is 0 Å². The van der Waals surface area contributed by atoms with Gasteiger partial charge in [0.25, 0.3) is 0 Å². The molecule has 0 amide bonds. The standard InChI is InChI=1S/C44H29N3/c1-2-12-32(13-3-1)44-43(46-42-19-9-11-25-47(42)44)31-22-20-30(21-23-31)34-26-35(28-36(27-34)41-18-8-10-24-45-41)40-29-33-14-4-5-15-37(33)38-16-6-7-17-39(38)40/h1-29H. The van der Waals surface area contributed by atoms with E-state index in [1.165, 1.54) is 32.7 Å². The fourth-order valence-corrected chi connectivity index (χ4v) is 6.81. The van der Waals surface area contributed by atoms with Crippen molar-refractivity contribution in [2.75, 3.05) is 0 Å². The summed E-state index contributed by atoms with van der Waals surface area (Å²) in [4.78, 5) is 9.81. The van der Waals surface area contributed by atoms with Gasteiger partial charge in [0, 0.05) is 29.1 Å². The van der Waals surface area contributed by atoms with Gasteiger partial charge in [-0.05, 0) is 92.3 Å². The maximum Gasteiger partial charge on any atom is 0.137 e. The predicted molar refractivity (Wildman–Crippen MR) is 195 cm³/mol. The molecule has 0 saturated carbocycles. The number of hydrogen-bond acceptors (Lipinski definition) is 2. The molecule has 47 heavy (non-hydrogen) atoms. The van der Waals surface area contributed by atoms with Crippen LogP contribution < -0.4 is 0 Å². The van der Waals surface area contributed by atoms with Crippen LogP contribution in [-0.2, 0) is 0 Å². The lowest BCUT2D eigenvalue weighted by Gasteiger charge is -2.15. The van der Waals surface area contributed by atoms with Crippen LogP contribution in [0.3, 0.4) is 0 Å². The number of imidazole rings is 1. The van der Waals surface area contributed by atoms with E-state index in [4.69, 9.17) is 9.97 Å². The summed E-state index contributed by atoms with van der Waals surface area (Å²) in [5, 5.41) is 5.00. The van der Waals surface area contributed by atoms with E-state index >= 15 is 0 Å². The summed E-state index contributed by atoms with van der Waals surface area (Å²) < 4.78 is 2.18. The van der Waals surface area contributed by atoms with Crippen molar-refractivity contribution in [3.8, 4) is 56.0 Å². The Hall–Kier alpha value is -6.32. The third kappa shape index (κ3) is 4.77. The highest BCUT2D eigenvalue weighted by atomic mass is 15.0. The summed E-state index contributed by atoms with van der Waals surface area (Å²) >= 11 is 0. The van der Waals surface area contributed by atoms with Crippen LogP contribution in [0, 0.1) is 0 Å². The minimum Gasteiger partial charge on any atom is -0.299 e. The van der Waals surface area contributed by atoms with Crippen LogP contribution in [0.5, 0.6) is 0 Å². The second-order valence-corrected chi connectivity index (χ2v) is 11.9. The summed E-state index contributed by atoms with van der Waals surface area (Å²) in [6, 6.07) is 58.1. The summed E-state index contributed by atoms with van der Waals surface area (Å²) in [6.45, 7) is 0. The van der Waals surface area contributed by atoms with Gasteiger partial charge < -0.3 is 0 Å². The molecule has 0 unspecified atom stereocenters. The topological polar surface area (TPSA) is 30.2 Å². The van der Waals surface area contributed by atoms with E-state index < -0.39 is 0 Å². The molecule has 6 aromatic carbocycles. The molecule has 3 heteroatoms. The Morgan fingerprint density at radius 1 is 0.426 bits per heavy atom. The molecule has 3 aromatic heterocycles. The summed E-state index contributed by atoms with van der Waals surface area (Å²) in [7, 11) is 0. The van der Waals surface area contributed by atoms with E-state index in [1.54, 1.807) is 0 Å². The van der Waals surface area contributed by atoms with Crippen LogP contribution in [-0.4, -0.2) is 14.4 Å². The highest BCUT2D eigenvalue weighted by Gasteiger charge is 2.17. The minimum atomic E-state index is 0.931. The Kier molecular flexibility index (Phi) is 6.46. The number of benzene rings is 6. The van der Waals surface area contributed by atoms with Gasteiger partial charge in [-0.3, -0.25) is 9.38 Å². The van der Waals surface area contributed by atoms with E-state index in [9.17, 15) is 0 Å². The first-order valence-electron chi connectivity index (χ1n) is 15.9. The Bertz CT molecular complexity index is 2550. The Morgan fingerprint density at radius 3 is 1.94 bits per heavy atom. The maximum atomic E-state index is 5.08. The van der Waals surface area contributed by atoms with Gasteiger partial charge >= 0.3 is 0 Å². The number of aromatic nitrogens is 3. The number of rotatable bonds is 5. The molecule has 0 spiro atoms. The van der Waals surface area contributed by atoms with Crippen molar-refractivity contribution in [1.29, 1.82) is 0 Å². The molecule has 3 heterocycles. The lowest BCUT2D eigenvalue weighted by Crippen LogP contribution is -1.90. The molecule has 0 bridgehead atoms. The predicted octanol–water partition coefficient (Wildman–Crippen LogP) is 11.4. The zero-order valence-electron chi connectivity index (χ0n) is 25.6. The molecule has 0 atom stereocenters. The first kappa shape index (κ1) is 27.0. The van der Waals surface area contributed by atoms with Crippen LogP contribution in [0.1, 0.15) is 0 Å². The van der Waals surface area contributed by atoms with Gasteiger partial charge in [0.2, 0.25) is 0 Å². The molecule has 0 N–H and O–H groups in total. The van der Waals surface area contributed by atoms with Gasteiger partial charge in [-0.25, -0.2) is 4.98 Å². The first-order chi connectivity index (χ1) is 23.3. The summed E-state index contributed by atoms with van der Waals surface area (Å²) in [5.41, 5.74) is 11.9. The van der Waals surface area contributed by atoms with Crippen LogP contribution in [0.4, 0.5) is 0 Å². The zero-order valence-corrected chi connectivity index (χ0v) is 25.6. The highest BCUT2D eigenvalue weighted by molar-refractivity contribution is 6.14. The maximum absolute atomic E-state index is 5.08. The molecule has 0 saturated heterocycles. The van der Waals surface area contributed by atoms with E-state index in [0.717, 1.165) is 50.5 Å². The average Bonchev–Trinajstić information content (AvgIpc) is 3.55. The molecule has 9 aromatic rings. The molecule has 0 fully saturated rings. The second-order valence-electron chi connectivity index (χ2n) is 11.9. The molecule has 3 nitrogen and oxygen atoms in total. The van der Waals surface area contributed by atoms with E-state index in [1.807, 2.05) is 24.4 Å². The van der Waals surface area contributed by atoms with E-state index in [0.29, 0.717) is 0 Å². The van der Waals surface area contributed by atoms with E-state index in [-0.39, 0.29) is 0 Å². The molecular formula is C44H29N3. The monoisotopic (exact) mass is 599 g/mol. The van der Waals surface area contributed by atoms with Crippen molar-refractivity contribution in [3.05, 3.63) is 176 Å². The Balaban J connectivity index is 1.21. The van der Waals surface area contributed by atoms with Crippen molar-refractivity contribution in [2.45, 2.75) is 0 Å². The van der Waals surface area contributed by atoms with Crippen LogP contribution >= 0.6 is 0 Å². The summed E-state index contributed by atoms with van der Waals surface area (Å²) in [6.07, 6.45) is 3.95. The Labute approximate surface area is 273 Å². The van der Waals surface area contributed by atoms with Crippen molar-refractivity contribution >= 4 is 27.2 Å². The third-order valence-electron chi connectivity index (χ3n) is 9.04. The third-order valence-corrected chi connectivity index (χ3v) is 9.04. The Morgan fingerprint density at radius 2 is 1.11 bits per heavy atom. The summed E-state index contributed by atoms with van der Waals surface area (Å²) in [5.74, 6) is 0. The van der Waals surface area contributed by atoms with Crippen molar-refractivity contribution in [3.63, 3.8) is 0 Å². The molecule has 0 aliphatic heterocycles. The normalized spacial score (nSPS) is 11.4. The van der Waals surface area contributed by atoms with Crippen LogP contribution in [0.15, 0.2) is 176 Å². The SMILES string of the molecule is c1ccc(-c2c(-c3ccc(-c4cc(-c5ccccn5)cc(-c5cc6ccccc6c6ccccc56)c4)cc3)nc3ccccn23)cc1. The first-order valence-corrected chi connectivity index (χ1v) is 15.9. The van der Waals surface area contributed by atoms with E-state index in [2.05, 4.69) is 156 Å². The van der Waals surface area contributed by atoms with Crippen molar-refractivity contribution in [1.82, 2.24) is 14.4 Å². The quantitative estimate of drug-likeness (QED) is 0.184. The molecular weight excluding hydrogens is 571 g/mol. The van der Waals surface area contributed by atoms with Crippen LogP contribution in [0.2, 0.25) is 0 Å². The molecule has 9 rings (SSSR count). The average molecular weight is 600 g/mol. The van der Waals surface area contributed by atoms with Gasteiger partial charge in [0.05, 0.1) is 17.1 Å². The number of fused-ring (bicyclic) bond motifs is 4. The van der Waals surface area contributed by atoms with Gasteiger partial charge in [0.1, 0.15) is 5.65 Å². The second kappa shape index (κ2) is 11.2.